The van der Waals surface area contributed by atoms with Crippen LogP contribution in [-0.4, -0.2) is 63.3 Å². The largest absolute Gasteiger partial charge is 0.493 e. The van der Waals surface area contributed by atoms with Crippen LogP contribution < -0.4 is 29.1 Å². The highest BCUT2D eigenvalue weighted by molar-refractivity contribution is 5.92. The number of aromatic nitrogens is 1. The van der Waals surface area contributed by atoms with Crippen LogP contribution >= 0.6 is 0 Å². The Morgan fingerprint density at radius 3 is 1.49 bits per heavy atom. The van der Waals surface area contributed by atoms with Crippen molar-refractivity contribution in [2.45, 2.75) is 218 Å². The van der Waals surface area contributed by atoms with Crippen LogP contribution in [0.1, 0.15) is 187 Å². The Morgan fingerprint density at radius 1 is 0.523 bits per heavy atom. The third kappa shape index (κ3) is 15.0. The van der Waals surface area contributed by atoms with Crippen LogP contribution in [0.25, 0.3) is 22.2 Å². The van der Waals surface area contributed by atoms with Crippen molar-refractivity contribution < 1.29 is 42.6 Å². The van der Waals surface area contributed by atoms with Crippen molar-refractivity contribution in [3.8, 4) is 40.0 Å². The summed E-state index contributed by atoms with van der Waals surface area (Å²) in [5.41, 5.74) is 1.91. The maximum absolute atomic E-state index is 15.4. The summed E-state index contributed by atoms with van der Waals surface area (Å²) < 4.78 is 58.9. The summed E-state index contributed by atoms with van der Waals surface area (Å²) in [4.78, 5) is 15.4. The summed E-state index contributed by atoms with van der Waals surface area (Å²) in [7, 11) is 1.65. The van der Waals surface area contributed by atoms with E-state index in [9.17, 15) is 0 Å². The minimum atomic E-state index is -0.554. The lowest BCUT2D eigenvalue weighted by atomic mass is 10.0. The van der Waals surface area contributed by atoms with Crippen LogP contribution in [0.15, 0.2) is 35.1 Å². The minimum absolute atomic E-state index is 0.242. The Kier molecular flexibility index (Phi) is 20.8. The van der Waals surface area contributed by atoms with E-state index in [1.807, 2.05) is 30.3 Å². The van der Waals surface area contributed by atoms with Crippen LogP contribution in [-0.2, 0) is 25.5 Å². The second-order valence-corrected chi connectivity index (χ2v) is 18.8. The van der Waals surface area contributed by atoms with Gasteiger partial charge in [0.2, 0.25) is 5.43 Å². The molecule has 7 rings (SSSR count). The number of pyridine rings is 1. The molecule has 4 fully saturated rings. The van der Waals surface area contributed by atoms with E-state index in [4.69, 9.17) is 42.6 Å². The molecule has 0 bridgehead atoms. The third-order valence-electron chi connectivity index (χ3n) is 13.5. The molecule has 4 unspecified atom stereocenters. The summed E-state index contributed by atoms with van der Waals surface area (Å²) in [5.74, 6) is 2.43. The highest BCUT2D eigenvalue weighted by Gasteiger charge is 2.30. The van der Waals surface area contributed by atoms with Gasteiger partial charge in [-0.15, -0.1) is 0 Å². The van der Waals surface area contributed by atoms with Crippen LogP contribution in [0.2, 0.25) is 0 Å². The van der Waals surface area contributed by atoms with E-state index in [0.717, 1.165) is 101 Å². The van der Waals surface area contributed by atoms with Crippen LogP contribution in [0.3, 0.4) is 0 Å². The molecule has 4 aliphatic heterocycles. The molecule has 11 heteroatoms. The Morgan fingerprint density at radius 2 is 1.00 bits per heavy atom. The van der Waals surface area contributed by atoms with Crippen LogP contribution in [0.5, 0.6) is 28.7 Å². The zero-order valence-corrected chi connectivity index (χ0v) is 40.1. The monoisotopic (exact) mass is 904 g/mol. The molecular weight excluding hydrogens is 823 g/mol. The second-order valence-electron chi connectivity index (χ2n) is 18.8. The SMILES string of the molecule is CCCCCCCCCCCCCCCCCCn1c(-c2ccc(OC3CCCCO3)c(OC)c2)c(OC2CCCCO2)c(=O)c2c(OC3CCCCO3)cc(OC3CCCCO3)cc21. The van der Waals surface area contributed by atoms with E-state index in [2.05, 4.69) is 11.5 Å². The lowest BCUT2D eigenvalue weighted by molar-refractivity contribution is -0.109. The fourth-order valence-corrected chi connectivity index (χ4v) is 9.78. The lowest BCUT2D eigenvalue weighted by Gasteiger charge is -2.29. The smallest absolute Gasteiger partial charge is 0.235 e. The summed E-state index contributed by atoms with van der Waals surface area (Å²) in [6.45, 7) is 5.46. The molecule has 1 aromatic heterocycles. The molecule has 3 aromatic rings. The van der Waals surface area contributed by atoms with Gasteiger partial charge in [-0.1, -0.05) is 103 Å². The van der Waals surface area contributed by atoms with Gasteiger partial charge >= 0.3 is 0 Å². The number of rotatable bonds is 27. The van der Waals surface area contributed by atoms with Gasteiger partial charge < -0.3 is 47.2 Å². The molecule has 0 aliphatic carbocycles. The molecule has 5 heterocycles. The van der Waals surface area contributed by atoms with Crippen molar-refractivity contribution >= 4 is 10.9 Å². The molecule has 0 N–H and O–H groups in total. The van der Waals surface area contributed by atoms with Crippen LogP contribution in [0.4, 0.5) is 0 Å². The van der Waals surface area contributed by atoms with Gasteiger partial charge in [0.1, 0.15) is 11.5 Å². The molecule has 0 amide bonds. The first-order valence-corrected chi connectivity index (χ1v) is 26.2. The zero-order valence-electron chi connectivity index (χ0n) is 40.1. The van der Waals surface area contributed by atoms with Gasteiger partial charge in [-0.3, -0.25) is 4.79 Å². The summed E-state index contributed by atoms with van der Waals surface area (Å²) in [6.07, 6.45) is 30.1. The predicted octanol–water partition coefficient (Wildman–Crippen LogP) is 13.6. The fourth-order valence-electron chi connectivity index (χ4n) is 9.78. The summed E-state index contributed by atoms with van der Waals surface area (Å²) in [6, 6.07) is 9.73. The number of fused-ring (bicyclic) bond motifs is 1. The molecular formula is C54H81NO10. The second kappa shape index (κ2) is 27.3. The van der Waals surface area contributed by atoms with Crippen molar-refractivity contribution in [3.63, 3.8) is 0 Å². The Bertz CT molecular complexity index is 1890. The van der Waals surface area contributed by atoms with Gasteiger partial charge in [-0.05, 0) is 76.0 Å². The predicted molar refractivity (Wildman–Crippen MR) is 257 cm³/mol. The van der Waals surface area contributed by atoms with E-state index >= 15 is 4.79 Å². The maximum Gasteiger partial charge on any atom is 0.235 e. The average molecular weight is 904 g/mol. The number of methoxy groups -OCH3 is 1. The first-order chi connectivity index (χ1) is 32.1. The van der Waals surface area contributed by atoms with Crippen LogP contribution in [0, 0.1) is 0 Å². The molecule has 362 valence electrons. The van der Waals surface area contributed by atoms with Crippen molar-refractivity contribution in [1.82, 2.24) is 4.57 Å². The standard InChI is InChI=1S/C54H81NO10/c1-3-4-5-6-7-8-9-10-11-12-13-14-15-16-17-22-33-55-43-39-42(62-47-27-18-23-34-58-47)40-46(64-49-29-20-25-36-60-49)51(43)53(56)54(65-50-30-21-26-37-61-50)52(55)41-31-32-44(45(38-41)57-2)63-48-28-19-24-35-59-48/h31-32,38-40,47-50H,3-30,33-37H2,1-2H3. The van der Waals surface area contributed by atoms with Gasteiger partial charge in [0.05, 0.1) is 50.1 Å². The first kappa shape index (κ1) is 49.4. The molecule has 2 aromatic carbocycles. The Balaban J connectivity index is 1.19. The van der Waals surface area contributed by atoms with Gasteiger partial charge in [0.15, 0.2) is 42.4 Å². The normalized spacial score (nSPS) is 21.6. The van der Waals surface area contributed by atoms with E-state index in [1.165, 1.54) is 83.5 Å². The number of ether oxygens (including phenoxy) is 9. The molecule has 0 spiro atoms. The number of hydrogen-bond donors (Lipinski definition) is 0. The molecule has 65 heavy (non-hydrogen) atoms. The number of hydrogen-bond acceptors (Lipinski definition) is 10. The molecule has 0 radical (unpaired) electrons. The summed E-state index contributed by atoms with van der Waals surface area (Å²) >= 11 is 0. The number of benzene rings is 2. The maximum atomic E-state index is 15.4. The Labute approximate surface area is 389 Å². The van der Waals surface area contributed by atoms with Crippen molar-refractivity contribution in [2.24, 2.45) is 0 Å². The molecule has 0 saturated carbocycles. The van der Waals surface area contributed by atoms with Gasteiger partial charge in [-0.25, -0.2) is 0 Å². The van der Waals surface area contributed by atoms with E-state index in [0.29, 0.717) is 73.5 Å². The van der Waals surface area contributed by atoms with Gasteiger partial charge in [-0.2, -0.15) is 0 Å². The highest BCUT2D eigenvalue weighted by atomic mass is 16.7. The topological polar surface area (TPSA) is 105 Å². The summed E-state index contributed by atoms with van der Waals surface area (Å²) in [5, 5.41) is 0.448. The average Bonchev–Trinajstić information content (AvgIpc) is 3.34. The Hall–Kier alpha value is -3.51. The first-order valence-electron chi connectivity index (χ1n) is 26.2. The van der Waals surface area contributed by atoms with E-state index < -0.39 is 12.6 Å². The lowest BCUT2D eigenvalue weighted by Crippen LogP contribution is -2.30. The quantitative estimate of drug-likeness (QED) is 0.0687. The van der Waals surface area contributed by atoms with E-state index in [1.54, 1.807) is 7.11 Å². The highest BCUT2D eigenvalue weighted by Crippen LogP contribution is 2.42. The zero-order chi connectivity index (χ0) is 44.9. The number of unbranched alkanes of at least 4 members (excludes halogenated alkanes) is 15. The number of aryl methyl sites for hydroxylation is 1. The third-order valence-corrected chi connectivity index (χ3v) is 13.5. The van der Waals surface area contributed by atoms with Crippen molar-refractivity contribution in [1.29, 1.82) is 0 Å². The number of nitrogens with zero attached hydrogens (tertiary/aromatic N) is 1. The molecule has 11 nitrogen and oxygen atoms in total. The van der Waals surface area contributed by atoms with Crippen molar-refractivity contribution in [2.75, 3.05) is 33.5 Å². The minimum Gasteiger partial charge on any atom is -0.493 e. The van der Waals surface area contributed by atoms with Gasteiger partial charge in [0, 0.05) is 49.9 Å². The molecule has 4 atom stereocenters. The van der Waals surface area contributed by atoms with Gasteiger partial charge in [0.25, 0.3) is 0 Å². The fraction of sp³-hybridized carbons (Fsp3) is 0.722. The molecule has 4 saturated heterocycles. The van der Waals surface area contributed by atoms with E-state index in [-0.39, 0.29) is 23.8 Å². The molecule has 4 aliphatic rings. The van der Waals surface area contributed by atoms with Crippen molar-refractivity contribution in [3.05, 3.63) is 40.6 Å².